The van der Waals surface area contributed by atoms with Crippen LogP contribution < -0.4 is 5.73 Å². The standard InChI is InChI=1S/C14H18N2S/c1-10-12(14(2,3)9-15)16-13(17-10)11-7-5-4-6-8-11/h4-8H,9,15H2,1-3H3. The minimum Gasteiger partial charge on any atom is -0.330 e. The van der Waals surface area contributed by atoms with E-state index < -0.39 is 0 Å². The predicted molar refractivity (Wildman–Crippen MR) is 74.4 cm³/mol. The number of nitrogens with two attached hydrogens (primary N) is 1. The van der Waals surface area contributed by atoms with E-state index in [1.807, 2.05) is 18.2 Å². The Morgan fingerprint density at radius 1 is 1.24 bits per heavy atom. The maximum Gasteiger partial charge on any atom is 0.123 e. The van der Waals surface area contributed by atoms with Crippen LogP contribution in [0.4, 0.5) is 0 Å². The van der Waals surface area contributed by atoms with E-state index in [1.165, 1.54) is 10.4 Å². The molecule has 2 rings (SSSR count). The van der Waals surface area contributed by atoms with Crippen LogP contribution in [0.5, 0.6) is 0 Å². The predicted octanol–water partition coefficient (Wildman–Crippen LogP) is 3.35. The third kappa shape index (κ3) is 2.40. The highest BCUT2D eigenvalue weighted by molar-refractivity contribution is 7.15. The van der Waals surface area contributed by atoms with Crippen molar-refractivity contribution in [3.8, 4) is 10.6 Å². The van der Waals surface area contributed by atoms with E-state index in [1.54, 1.807) is 11.3 Å². The zero-order valence-electron chi connectivity index (χ0n) is 10.5. The van der Waals surface area contributed by atoms with Gasteiger partial charge in [-0.1, -0.05) is 44.2 Å². The Morgan fingerprint density at radius 3 is 2.47 bits per heavy atom. The molecule has 3 heteroatoms. The van der Waals surface area contributed by atoms with Crippen LogP contribution in [0.2, 0.25) is 0 Å². The summed E-state index contributed by atoms with van der Waals surface area (Å²) in [7, 11) is 0. The Bertz CT molecular complexity index is 500. The second kappa shape index (κ2) is 4.59. The molecule has 17 heavy (non-hydrogen) atoms. The number of benzene rings is 1. The lowest BCUT2D eigenvalue weighted by atomic mass is 9.89. The topological polar surface area (TPSA) is 38.9 Å². The average molecular weight is 246 g/mol. The van der Waals surface area contributed by atoms with Crippen LogP contribution in [0, 0.1) is 6.92 Å². The highest BCUT2D eigenvalue weighted by atomic mass is 32.1. The highest BCUT2D eigenvalue weighted by Crippen LogP contribution is 2.33. The summed E-state index contributed by atoms with van der Waals surface area (Å²) in [6.07, 6.45) is 0. The molecule has 0 radical (unpaired) electrons. The quantitative estimate of drug-likeness (QED) is 0.902. The third-order valence-electron chi connectivity index (χ3n) is 2.97. The van der Waals surface area contributed by atoms with Crippen molar-refractivity contribution >= 4 is 11.3 Å². The lowest BCUT2D eigenvalue weighted by molar-refractivity contribution is 0.522. The molecule has 0 fully saturated rings. The van der Waals surface area contributed by atoms with Gasteiger partial charge in [-0.3, -0.25) is 0 Å². The molecule has 0 aliphatic carbocycles. The summed E-state index contributed by atoms with van der Waals surface area (Å²) in [4.78, 5) is 6.02. The molecule has 0 amide bonds. The summed E-state index contributed by atoms with van der Waals surface area (Å²) in [6.45, 7) is 7.02. The summed E-state index contributed by atoms with van der Waals surface area (Å²) in [5, 5.41) is 1.08. The Morgan fingerprint density at radius 2 is 1.88 bits per heavy atom. The maximum absolute atomic E-state index is 5.82. The molecule has 2 N–H and O–H groups in total. The number of thiazole rings is 1. The summed E-state index contributed by atoms with van der Waals surface area (Å²) in [5.74, 6) is 0. The number of hydrogen-bond donors (Lipinski definition) is 1. The van der Waals surface area contributed by atoms with Crippen molar-refractivity contribution < 1.29 is 0 Å². The van der Waals surface area contributed by atoms with Gasteiger partial charge in [0.15, 0.2) is 0 Å². The normalized spacial score (nSPS) is 11.8. The van der Waals surface area contributed by atoms with Gasteiger partial charge in [-0.05, 0) is 6.92 Å². The van der Waals surface area contributed by atoms with Crippen molar-refractivity contribution in [2.24, 2.45) is 5.73 Å². The lowest BCUT2D eigenvalue weighted by Crippen LogP contribution is -2.29. The minimum atomic E-state index is -0.0480. The largest absolute Gasteiger partial charge is 0.330 e. The van der Waals surface area contributed by atoms with E-state index in [0.29, 0.717) is 6.54 Å². The molecule has 0 atom stereocenters. The number of aromatic nitrogens is 1. The molecule has 0 spiro atoms. The first-order valence-electron chi connectivity index (χ1n) is 5.78. The van der Waals surface area contributed by atoms with E-state index in [-0.39, 0.29) is 5.41 Å². The van der Waals surface area contributed by atoms with Gasteiger partial charge in [0.1, 0.15) is 5.01 Å². The fourth-order valence-electron chi connectivity index (χ4n) is 1.83. The van der Waals surface area contributed by atoms with Crippen molar-refractivity contribution in [2.45, 2.75) is 26.2 Å². The molecule has 0 saturated heterocycles. The zero-order valence-corrected chi connectivity index (χ0v) is 11.3. The molecule has 2 nitrogen and oxygen atoms in total. The summed E-state index contributed by atoms with van der Waals surface area (Å²) in [5.41, 5.74) is 8.08. The summed E-state index contributed by atoms with van der Waals surface area (Å²) >= 11 is 1.74. The summed E-state index contributed by atoms with van der Waals surface area (Å²) < 4.78 is 0. The van der Waals surface area contributed by atoms with Crippen molar-refractivity contribution in [3.05, 3.63) is 40.9 Å². The number of aryl methyl sites for hydroxylation is 1. The van der Waals surface area contributed by atoms with Gasteiger partial charge >= 0.3 is 0 Å². The molecule has 2 aromatic rings. The molecule has 0 bridgehead atoms. The molecule has 0 unspecified atom stereocenters. The van der Waals surface area contributed by atoms with Crippen LogP contribution in [0.25, 0.3) is 10.6 Å². The van der Waals surface area contributed by atoms with Gasteiger partial charge in [0.25, 0.3) is 0 Å². The van der Waals surface area contributed by atoms with Gasteiger partial charge < -0.3 is 5.73 Å². The van der Waals surface area contributed by atoms with E-state index >= 15 is 0 Å². The molecule has 0 saturated carbocycles. The SMILES string of the molecule is Cc1sc(-c2ccccc2)nc1C(C)(C)CN. The van der Waals surface area contributed by atoms with E-state index in [9.17, 15) is 0 Å². The molecule has 1 aromatic heterocycles. The summed E-state index contributed by atoms with van der Waals surface area (Å²) in [6, 6.07) is 10.3. The van der Waals surface area contributed by atoms with E-state index in [0.717, 1.165) is 10.7 Å². The Hall–Kier alpha value is -1.19. The molecule has 90 valence electrons. The van der Waals surface area contributed by atoms with Crippen molar-refractivity contribution in [1.29, 1.82) is 0 Å². The second-order valence-corrected chi connectivity index (χ2v) is 6.08. The molecular formula is C14H18N2S. The molecule has 0 aliphatic rings. The highest BCUT2D eigenvalue weighted by Gasteiger charge is 2.25. The first-order chi connectivity index (χ1) is 8.04. The zero-order chi connectivity index (χ0) is 12.5. The molecule has 1 heterocycles. The van der Waals surface area contributed by atoms with E-state index in [2.05, 4.69) is 32.9 Å². The van der Waals surface area contributed by atoms with Gasteiger partial charge in [0, 0.05) is 22.4 Å². The smallest absolute Gasteiger partial charge is 0.123 e. The van der Waals surface area contributed by atoms with Crippen molar-refractivity contribution in [3.63, 3.8) is 0 Å². The van der Waals surface area contributed by atoms with Crippen LogP contribution in [-0.2, 0) is 5.41 Å². The van der Waals surface area contributed by atoms with Crippen LogP contribution in [-0.4, -0.2) is 11.5 Å². The fraction of sp³-hybridized carbons (Fsp3) is 0.357. The first kappa shape index (κ1) is 12.3. The Kier molecular flexibility index (Phi) is 3.31. The van der Waals surface area contributed by atoms with Crippen LogP contribution >= 0.6 is 11.3 Å². The second-order valence-electron chi connectivity index (χ2n) is 4.88. The minimum absolute atomic E-state index is 0.0480. The lowest BCUT2D eigenvalue weighted by Gasteiger charge is -2.20. The van der Waals surface area contributed by atoms with Crippen molar-refractivity contribution in [1.82, 2.24) is 4.98 Å². The van der Waals surface area contributed by atoms with Crippen LogP contribution in [0.3, 0.4) is 0 Å². The maximum atomic E-state index is 5.82. The monoisotopic (exact) mass is 246 g/mol. The van der Waals surface area contributed by atoms with Gasteiger partial charge in [-0.2, -0.15) is 0 Å². The van der Waals surface area contributed by atoms with Crippen molar-refractivity contribution in [2.75, 3.05) is 6.54 Å². The number of hydrogen-bond acceptors (Lipinski definition) is 3. The molecular weight excluding hydrogens is 228 g/mol. The van der Waals surface area contributed by atoms with Gasteiger partial charge in [-0.25, -0.2) is 4.98 Å². The van der Waals surface area contributed by atoms with Crippen LogP contribution in [0.15, 0.2) is 30.3 Å². The third-order valence-corrected chi connectivity index (χ3v) is 3.99. The fourth-order valence-corrected chi connectivity index (χ4v) is 2.92. The van der Waals surface area contributed by atoms with Crippen LogP contribution in [0.1, 0.15) is 24.4 Å². The average Bonchev–Trinajstić information content (AvgIpc) is 2.73. The Labute approximate surface area is 107 Å². The molecule has 0 aliphatic heterocycles. The number of nitrogens with zero attached hydrogens (tertiary/aromatic N) is 1. The van der Waals surface area contributed by atoms with E-state index in [4.69, 9.17) is 10.7 Å². The van der Waals surface area contributed by atoms with Gasteiger partial charge in [0.2, 0.25) is 0 Å². The first-order valence-corrected chi connectivity index (χ1v) is 6.59. The van der Waals surface area contributed by atoms with Gasteiger partial charge in [0.05, 0.1) is 5.69 Å². The Balaban J connectivity index is 2.45. The number of rotatable bonds is 3. The van der Waals surface area contributed by atoms with Gasteiger partial charge in [-0.15, -0.1) is 11.3 Å². The molecule has 1 aromatic carbocycles.